The van der Waals surface area contributed by atoms with E-state index in [4.69, 9.17) is 5.73 Å². The maximum absolute atomic E-state index is 13.6. The largest absolute Gasteiger partial charge is 0.366 e. The van der Waals surface area contributed by atoms with Crippen LogP contribution >= 0.6 is 0 Å². The molecule has 1 heterocycles. The summed E-state index contributed by atoms with van der Waals surface area (Å²) in [7, 11) is -3.45. The Labute approximate surface area is 143 Å². The fourth-order valence-corrected chi connectivity index (χ4v) is 2.53. The average Bonchev–Trinajstić information content (AvgIpc) is 2.52. The van der Waals surface area contributed by atoms with Gasteiger partial charge in [-0.15, -0.1) is 0 Å². The van der Waals surface area contributed by atoms with Crippen LogP contribution in [0.5, 0.6) is 0 Å². The number of nitrogens with one attached hydrogen (secondary N) is 2. The molecule has 2 rings (SSSR count). The van der Waals surface area contributed by atoms with Gasteiger partial charge in [0.15, 0.2) is 14.9 Å². The van der Waals surface area contributed by atoms with Crippen molar-refractivity contribution in [3.05, 3.63) is 53.5 Å². The van der Waals surface area contributed by atoms with Gasteiger partial charge in [0.05, 0.1) is 5.56 Å². The highest BCUT2D eigenvalue weighted by atomic mass is 32.2. The molecule has 1 aromatic carbocycles. The summed E-state index contributed by atoms with van der Waals surface area (Å²) >= 11 is 0. The van der Waals surface area contributed by atoms with Crippen molar-refractivity contribution in [2.45, 2.75) is 11.6 Å². The summed E-state index contributed by atoms with van der Waals surface area (Å²) in [4.78, 5) is 26.5. The molecular formula is C15H15FN4O4S. The van der Waals surface area contributed by atoms with E-state index >= 15 is 0 Å². The molecule has 0 bridgehead atoms. The molecule has 8 nitrogen and oxygen atoms in total. The summed E-state index contributed by atoms with van der Waals surface area (Å²) in [5, 5.41) is 4.78. The first-order valence-corrected chi connectivity index (χ1v) is 8.85. The number of primary amides is 1. The minimum absolute atomic E-state index is 0.0404. The van der Waals surface area contributed by atoms with E-state index < -0.39 is 27.6 Å². The van der Waals surface area contributed by atoms with Crippen LogP contribution in [0.4, 0.5) is 14.9 Å². The van der Waals surface area contributed by atoms with Gasteiger partial charge in [0.2, 0.25) is 0 Å². The minimum atomic E-state index is -3.45. The second-order valence-corrected chi connectivity index (χ2v) is 7.10. The standard InChI is InChI=1S/C15H15FN4O4S/c1-25(23,24)13-6-9(4-5-18-13)8-19-15(22)20-10-2-3-11(14(17)21)12(16)7-10/h2-7H,8H2,1H3,(H2,17,21)(H2,19,20,22). The number of carbonyl (C=O) groups is 2. The van der Waals surface area contributed by atoms with Crippen LogP contribution in [-0.2, 0) is 16.4 Å². The maximum atomic E-state index is 13.6. The van der Waals surface area contributed by atoms with E-state index in [1.807, 2.05) is 0 Å². The number of hydrogen-bond acceptors (Lipinski definition) is 5. The number of carbonyl (C=O) groups excluding carboxylic acids is 2. The SMILES string of the molecule is CS(=O)(=O)c1cc(CNC(=O)Nc2ccc(C(N)=O)c(F)c2)ccn1. The van der Waals surface area contributed by atoms with Gasteiger partial charge >= 0.3 is 6.03 Å². The molecule has 0 spiro atoms. The lowest BCUT2D eigenvalue weighted by atomic mass is 10.2. The van der Waals surface area contributed by atoms with Gasteiger partial charge in [-0.05, 0) is 35.9 Å². The molecule has 0 fully saturated rings. The van der Waals surface area contributed by atoms with Crippen LogP contribution in [0.1, 0.15) is 15.9 Å². The fourth-order valence-electron chi connectivity index (χ4n) is 1.91. The minimum Gasteiger partial charge on any atom is -0.366 e. The Morgan fingerprint density at radius 2 is 1.96 bits per heavy atom. The molecular weight excluding hydrogens is 351 g/mol. The van der Waals surface area contributed by atoms with Crippen molar-refractivity contribution in [3.8, 4) is 0 Å². The monoisotopic (exact) mass is 366 g/mol. The number of sulfone groups is 1. The van der Waals surface area contributed by atoms with E-state index in [1.165, 1.54) is 18.3 Å². The Morgan fingerprint density at radius 3 is 2.56 bits per heavy atom. The number of amides is 3. The molecule has 0 aliphatic heterocycles. The molecule has 2 aromatic rings. The molecule has 0 aliphatic rings. The van der Waals surface area contributed by atoms with Gasteiger partial charge in [0.25, 0.3) is 5.91 Å². The number of hydrogen-bond donors (Lipinski definition) is 3. The van der Waals surface area contributed by atoms with Crippen LogP contribution in [-0.4, -0.2) is 31.6 Å². The highest BCUT2D eigenvalue weighted by Crippen LogP contribution is 2.14. The molecule has 0 atom stereocenters. The van der Waals surface area contributed by atoms with Crippen molar-refractivity contribution in [2.75, 3.05) is 11.6 Å². The van der Waals surface area contributed by atoms with Crippen LogP contribution in [0.2, 0.25) is 0 Å². The van der Waals surface area contributed by atoms with Gasteiger partial charge in [0, 0.05) is 24.7 Å². The number of benzene rings is 1. The highest BCUT2D eigenvalue weighted by Gasteiger charge is 2.11. The molecule has 132 valence electrons. The third kappa shape index (κ3) is 4.98. The topological polar surface area (TPSA) is 131 Å². The van der Waals surface area contributed by atoms with Crippen molar-refractivity contribution < 1.29 is 22.4 Å². The van der Waals surface area contributed by atoms with Crippen LogP contribution in [0.25, 0.3) is 0 Å². The molecule has 3 amide bonds. The van der Waals surface area contributed by atoms with Crippen molar-refractivity contribution in [3.63, 3.8) is 0 Å². The van der Waals surface area contributed by atoms with Gasteiger partial charge in [-0.25, -0.2) is 22.6 Å². The number of anilines is 1. The van der Waals surface area contributed by atoms with E-state index in [-0.39, 0.29) is 22.8 Å². The second kappa shape index (κ2) is 7.26. The number of aromatic nitrogens is 1. The zero-order chi connectivity index (χ0) is 18.6. The second-order valence-electron chi connectivity index (χ2n) is 5.14. The van der Waals surface area contributed by atoms with E-state index in [9.17, 15) is 22.4 Å². The molecule has 4 N–H and O–H groups in total. The van der Waals surface area contributed by atoms with Crippen molar-refractivity contribution in [1.29, 1.82) is 0 Å². The third-order valence-electron chi connectivity index (χ3n) is 3.12. The van der Waals surface area contributed by atoms with E-state index in [2.05, 4.69) is 15.6 Å². The van der Waals surface area contributed by atoms with E-state index in [1.54, 1.807) is 6.07 Å². The lowest BCUT2D eigenvalue weighted by molar-refractivity contribution is 0.0996. The number of pyridine rings is 1. The summed E-state index contributed by atoms with van der Waals surface area (Å²) in [6, 6.07) is 5.72. The van der Waals surface area contributed by atoms with Crippen molar-refractivity contribution in [1.82, 2.24) is 10.3 Å². The molecule has 25 heavy (non-hydrogen) atoms. The van der Waals surface area contributed by atoms with Crippen LogP contribution in [0, 0.1) is 5.82 Å². The number of rotatable bonds is 5. The van der Waals surface area contributed by atoms with E-state index in [0.717, 1.165) is 18.4 Å². The highest BCUT2D eigenvalue weighted by molar-refractivity contribution is 7.90. The zero-order valence-corrected chi connectivity index (χ0v) is 13.9. The number of urea groups is 1. The summed E-state index contributed by atoms with van der Waals surface area (Å²) in [6.45, 7) is 0.0404. The first-order valence-electron chi connectivity index (χ1n) is 6.96. The van der Waals surface area contributed by atoms with Gasteiger partial charge in [-0.3, -0.25) is 4.79 Å². The van der Waals surface area contributed by atoms with Crippen LogP contribution < -0.4 is 16.4 Å². The first kappa shape index (κ1) is 18.3. The Bertz CT molecular complexity index is 931. The van der Waals surface area contributed by atoms with Gasteiger partial charge < -0.3 is 16.4 Å². The van der Waals surface area contributed by atoms with Gasteiger partial charge in [-0.2, -0.15) is 0 Å². The summed E-state index contributed by atoms with van der Waals surface area (Å²) in [5.74, 6) is -1.76. The summed E-state index contributed by atoms with van der Waals surface area (Å²) < 4.78 is 36.5. The number of nitrogens with zero attached hydrogens (tertiary/aromatic N) is 1. The van der Waals surface area contributed by atoms with Crippen molar-refractivity contribution >= 4 is 27.5 Å². The summed E-state index contributed by atoms with van der Waals surface area (Å²) in [6.07, 6.45) is 2.35. The lowest BCUT2D eigenvalue weighted by Crippen LogP contribution is -2.28. The molecule has 10 heteroatoms. The van der Waals surface area contributed by atoms with E-state index in [0.29, 0.717) is 5.56 Å². The van der Waals surface area contributed by atoms with Crippen LogP contribution in [0.15, 0.2) is 41.6 Å². The Morgan fingerprint density at radius 1 is 1.24 bits per heavy atom. The molecule has 1 aromatic heterocycles. The van der Waals surface area contributed by atoms with Crippen LogP contribution in [0.3, 0.4) is 0 Å². The molecule has 0 saturated carbocycles. The van der Waals surface area contributed by atoms with Crippen molar-refractivity contribution in [2.24, 2.45) is 5.73 Å². The normalized spacial score (nSPS) is 11.0. The Hall–Kier alpha value is -3.01. The van der Waals surface area contributed by atoms with Gasteiger partial charge in [-0.1, -0.05) is 0 Å². The molecule has 0 saturated heterocycles. The fraction of sp³-hybridized carbons (Fsp3) is 0.133. The number of halogens is 1. The molecule has 0 unspecified atom stereocenters. The zero-order valence-electron chi connectivity index (χ0n) is 13.1. The molecule has 0 aliphatic carbocycles. The summed E-state index contributed by atoms with van der Waals surface area (Å²) in [5.41, 5.74) is 5.37. The smallest absolute Gasteiger partial charge is 0.319 e. The molecule has 0 radical (unpaired) electrons. The number of nitrogens with two attached hydrogens (primary N) is 1. The Kier molecular flexibility index (Phi) is 5.32. The Balaban J connectivity index is 2.00. The third-order valence-corrected chi connectivity index (χ3v) is 4.11. The van der Waals surface area contributed by atoms with Gasteiger partial charge in [0.1, 0.15) is 5.82 Å². The maximum Gasteiger partial charge on any atom is 0.319 e. The quantitative estimate of drug-likeness (QED) is 0.728. The predicted molar refractivity (Wildman–Crippen MR) is 88.1 cm³/mol. The predicted octanol–water partition coefficient (Wildman–Crippen LogP) is 1.04. The first-order chi connectivity index (χ1) is 11.7. The lowest BCUT2D eigenvalue weighted by Gasteiger charge is -2.09. The average molecular weight is 366 g/mol.